The average Bonchev–Trinajstić information content (AvgIpc) is 2.65. The molecule has 2 aliphatic heterocycles. The second-order valence-electron chi connectivity index (χ2n) is 4.86. The van der Waals surface area contributed by atoms with E-state index in [1.165, 1.54) is 0 Å². The number of carbonyl (C=O) groups is 1. The quantitative estimate of drug-likeness (QED) is 0.706. The Kier molecular flexibility index (Phi) is 5.02. The highest BCUT2D eigenvalue weighted by Gasteiger charge is 2.32. The van der Waals surface area contributed by atoms with Crippen LogP contribution >= 0.6 is 12.4 Å². The number of likely N-dealkylation sites (tertiary alicyclic amines) is 1. The summed E-state index contributed by atoms with van der Waals surface area (Å²) in [6.07, 6.45) is 2.45. The van der Waals surface area contributed by atoms with E-state index in [-0.39, 0.29) is 30.5 Å². The van der Waals surface area contributed by atoms with Gasteiger partial charge in [0, 0.05) is 19.6 Å². The highest BCUT2D eigenvalue weighted by molar-refractivity contribution is 5.85. The molecule has 0 aliphatic carbocycles. The predicted octanol–water partition coefficient (Wildman–Crippen LogP) is 0.389. The molecular formula is C11H21ClN2O2. The summed E-state index contributed by atoms with van der Waals surface area (Å²) in [5.74, 6) is 0.926. The van der Waals surface area contributed by atoms with Crippen LogP contribution in [0.15, 0.2) is 0 Å². The number of hydrogen-bond acceptors (Lipinski definition) is 3. The molecule has 2 N–H and O–H groups in total. The molecule has 0 radical (unpaired) electrons. The van der Waals surface area contributed by atoms with Gasteiger partial charge in [-0.15, -0.1) is 12.4 Å². The summed E-state index contributed by atoms with van der Waals surface area (Å²) >= 11 is 0. The number of carbonyl (C=O) groups excluding carboxylic acids is 1. The SMILES string of the molecule is CC1CCN(C(=O)[C@H]2C[C@H](O)CN2)CC1.Cl. The van der Waals surface area contributed by atoms with E-state index in [1.807, 2.05) is 4.90 Å². The lowest BCUT2D eigenvalue weighted by molar-refractivity contribution is -0.134. The van der Waals surface area contributed by atoms with Gasteiger partial charge in [-0.3, -0.25) is 4.79 Å². The van der Waals surface area contributed by atoms with Crippen molar-refractivity contribution >= 4 is 18.3 Å². The number of hydrogen-bond donors (Lipinski definition) is 2. The predicted molar refractivity (Wildman–Crippen MR) is 64.6 cm³/mol. The van der Waals surface area contributed by atoms with E-state index in [9.17, 15) is 9.90 Å². The Morgan fingerprint density at radius 3 is 2.50 bits per heavy atom. The first kappa shape index (κ1) is 13.7. The molecule has 0 aromatic carbocycles. The fourth-order valence-electron chi connectivity index (χ4n) is 2.35. The van der Waals surface area contributed by atoms with Crippen molar-refractivity contribution in [2.24, 2.45) is 5.92 Å². The molecular weight excluding hydrogens is 228 g/mol. The molecule has 2 aliphatic rings. The van der Waals surface area contributed by atoms with Crippen molar-refractivity contribution in [3.05, 3.63) is 0 Å². The molecule has 5 heteroatoms. The molecule has 94 valence electrons. The van der Waals surface area contributed by atoms with Gasteiger partial charge >= 0.3 is 0 Å². The minimum atomic E-state index is -0.345. The summed E-state index contributed by atoms with van der Waals surface area (Å²) in [4.78, 5) is 13.9. The lowest BCUT2D eigenvalue weighted by atomic mass is 9.98. The van der Waals surface area contributed by atoms with Crippen LogP contribution in [0.3, 0.4) is 0 Å². The molecule has 0 spiro atoms. The van der Waals surface area contributed by atoms with Crippen molar-refractivity contribution < 1.29 is 9.90 Å². The van der Waals surface area contributed by atoms with Crippen molar-refractivity contribution in [3.8, 4) is 0 Å². The van der Waals surface area contributed by atoms with E-state index < -0.39 is 0 Å². The van der Waals surface area contributed by atoms with Gasteiger partial charge in [-0.2, -0.15) is 0 Å². The fourth-order valence-corrected chi connectivity index (χ4v) is 2.35. The molecule has 2 saturated heterocycles. The Balaban J connectivity index is 0.00000128. The third-order valence-electron chi connectivity index (χ3n) is 3.50. The lowest BCUT2D eigenvalue weighted by Gasteiger charge is -2.32. The summed E-state index contributed by atoms with van der Waals surface area (Å²) in [5, 5.41) is 12.4. The van der Waals surface area contributed by atoms with Crippen LogP contribution < -0.4 is 5.32 Å². The number of rotatable bonds is 1. The fraction of sp³-hybridized carbons (Fsp3) is 0.909. The summed E-state index contributed by atoms with van der Waals surface area (Å²) in [7, 11) is 0. The third-order valence-corrected chi connectivity index (χ3v) is 3.50. The molecule has 2 fully saturated rings. The molecule has 0 saturated carbocycles. The van der Waals surface area contributed by atoms with Gasteiger partial charge < -0.3 is 15.3 Å². The number of aliphatic hydroxyl groups is 1. The average molecular weight is 249 g/mol. The zero-order valence-corrected chi connectivity index (χ0v) is 10.5. The second kappa shape index (κ2) is 5.84. The number of aliphatic hydroxyl groups excluding tert-OH is 1. The Bertz CT molecular complexity index is 242. The summed E-state index contributed by atoms with van der Waals surface area (Å²) in [6.45, 7) is 4.56. The first-order valence-corrected chi connectivity index (χ1v) is 5.87. The minimum Gasteiger partial charge on any atom is -0.392 e. The molecule has 4 nitrogen and oxygen atoms in total. The van der Waals surface area contributed by atoms with Crippen LogP contribution in [-0.4, -0.2) is 47.7 Å². The maximum Gasteiger partial charge on any atom is 0.239 e. The lowest BCUT2D eigenvalue weighted by Crippen LogP contribution is -2.46. The Morgan fingerprint density at radius 1 is 1.38 bits per heavy atom. The van der Waals surface area contributed by atoms with Crippen LogP contribution in [0.25, 0.3) is 0 Å². The molecule has 0 unspecified atom stereocenters. The van der Waals surface area contributed by atoms with E-state index in [0.29, 0.717) is 13.0 Å². The summed E-state index contributed by atoms with van der Waals surface area (Å²) < 4.78 is 0. The number of piperidine rings is 1. The van der Waals surface area contributed by atoms with Gasteiger partial charge in [0.15, 0.2) is 0 Å². The molecule has 2 heterocycles. The van der Waals surface area contributed by atoms with Crippen LogP contribution in [-0.2, 0) is 4.79 Å². The highest BCUT2D eigenvalue weighted by atomic mass is 35.5. The van der Waals surface area contributed by atoms with Crippen LogP contribution in [0.4, 0.5) is 0 Å². The number of nitrogens with zero attached hydrogens (tertiary/aromatic N) is 1. The van der Waals surface area contributed by atoms with Crippen molar-refractivity contribution in [2.75, 3.05) is 19.6 Å². The van der Waals surface area contributed by atoms with Crippen LogP contribution in [0.2, 0.25) is 0 Å². The first-order chi connectivity index (χ1) is 7.16. The monoisotopic (exact) mass is 248 g/mol. The van der Waals surface area contributed by atoms with Gasteiger partial charge in [-0.05, 0) is 25.2 Å². The van der Waals surface area contributed by atoms with Crippen molar-refractivity contribution in [3.63, 3.8) is 0 Å². The van der Waals surface area contributed by atoms with Crippen LogP contribution in [0.5, 0.6) is 0 Å². The van der Waals surface area contributed by atoms with E-state index in [2.05, 4.69) is 12.2 Å². The van der Waals surface area contributed by atoms with Crippen molar-refractivity contribution in [1.29, 1.82) is 0 Å². The molecule has 2 atom stereocenters. The highest BCUT2D eigenvalue weighted by Crippen LogP contribution is 2.18. The van der Waals surface area contributed by atoms with E-state index in [4.69, 9.17) is 0 Å². The van der Waals surface area contributed by atoms with Crippen molar-refractivity contribution in [2.45, 2.75) is 38.3 Å². The topological polar surface area (TPSA) is 52.6 Å². The third kappa shape index (κ3) is 3.09. The smallest absolute Gasteiger partial charge is 0.239 e. The number of β-amino-alcohol motifs (C(OH)–C–C–N with tert-alkyl or cyclic N) is 1. The zero-order chi connectivity index (χ0) is 10.8. The van der Waals surface area contributed by atoms with Gasteiger partial charge in [-0.25, -0.2) is 0 Å². The maximum absolute atomic E-state index is 12.0. The molecule has 16 heavy (non-hydrogen) atoms. The molecule has 0 bridgehead atoms. The summed E-state index contributed by atoms with van der Waals surface area (Å²) in [6, 6.07) is -0.145. The van der Waals surface area contributed by atoms with Gasteiger partial charge in [0.1, 0.15) is 0 Å². The number of amides is 1. The maximum atomic E-state index is 12.0. The molecule has 0 aromatic heterocycles. The zero-order valence-electron chi connectivity index (χ0n) is 9.69. The van der Waals surface area contributed by atoms with Crippen LogP contribution in [0, 0.1) is 5.92 Å². The van der Waals surface area contributed by atoms with E-state index in [1.54, 1.807) is 0 Å². The minimum absolute atomic E-state index is 0. The van der Waals surface area contributed by atoms with Gasteiger partial charge in [0.05, 0.1) is 12.1 Å². The normalized spacial score (nSPS) is 31.2. The Hall–Kier alpha value is -0.320. The molecule has 1 amide bonds. The molecule has 0 aromatic rings. The Labute approximate surface area is 103 Å². The molecule has 2 rings (SSSR count). The second-order valence-corrected chi connectivity index (χ2v) is 4.86. The van der Waals surface area contributed by atoms with Crippen LogP contribution in [0.1, 0.15) is 26.2 Å². The largest absolute Gasteiger partial charge is 0.392 e. The standard InChI is InChI=1S/C11H20N2O2.ClH/c1-8-2-4-13(5-3-8)11(15)10-6-9(14)7-12-10;/h8-10,12,14H,2-7H2,1H3;1H/t9-,10+;/m0./s1. The number of halogens is 1. The first-order valence-electron chi connectivity index (χ1n) is 5.87. The van der Waals surface area contributed by atoms with Crippen molar-refractivity contribution in [1.82, 2.24) is 10.2 Å². The van der Waals surface area contributed by atoms with Gasteiger partial charge in [-0.1, -0.05) is 6.92 Å². The van der Waals surface area contributed by atoms with Gasteiger partial charge in [0.25, 0.3) is 0 Å². The summed E-state index contributed by atoms with van der Waals surface area (Å²) in [5.41, 5.74) is 0. The van der Waals surface area contributed by atoms with E-state index >= 15 is 0 Å². The van der Waals surface area contributed by atoms with Gasteiger partial charge in [0.2, 0.25) is 5.91 Å². The van der Waals surface area contributed by atoms with E-state index in [0.717, 1.165) is 31.8 Å². The Morgan fingerprint density at radius 2 is 2.00 bits per heavy atom. The number of nitrogens with one attached hydrogen (secondary N) is 1.